The topological polar surface area (TPSA) is 46.2 Å². The lowest BCUT2D eigenvalue weighted by atomic mass is 10.00. The van der Waals surface area contributed by atoms with Crippen molar-refractivity contribution in [1.29, 1.82) is 0 Å². The minimum Gasteiger partial charge on any atom is -0.508 e. The number of aromatic hydroxyl groups is 1. The highest BCUT2D eigenvalue weighted by molar-refractivity contribution is 5.35. The number of phenols is 1. The molecule has 0 atom stereocenters. The average molecular weight is 212 g/mol. The van der Waals surface area contributed by atoms with Crippen molar-refractivity contribution in [3.8, 4) is 5.75 Å². The third kappa shape index (κ3) is 2.41. The van der Waals surface area contributed by atoms with Gasteiger partial charge in [-0.05, 0) is 47.4 Å². The van der Waals surface area contributed by atoms with Crippen LogP contribution in [0.4, 0.5) is 0 Å². The Balaban J connectivity index is 2.26. The van der Waals surface area contributed by atoms with Crippen LogP contribution in [-0.4, -0.2) is 5.11 Å². The van der Waals surface area contributed by atoms with Gasteiger partial charge in [0.05, 0.1) is 0 Å². The highest BCUT2D eigenvalue weighted by atomic mass is 16.3. The first-order valence-corrected chi connectivity index (χ1v) is 5.25. The minimum absolute atomic E-state index is 0.300. The van der Waals surface area contributed by atoms with Crippen molar-refractivity contribution in [3.63, 3.8) is 0 Å². The van der Waals surface area contributed by atoms with Crippen LogP contribution in [0.25, 0.3) is 0 Å². The smallest absolute Gasteiger partial charge is 0.115 e. The second-order valence-corrected chi connectivity index (χ2v) is 3.75. The molecule has 3 N–H and O–H groups in total. The monoisotopic (exact) mass is 212 g/mol. The molecule has 0 heterocycles. The van der Waals surface area contributed by atoms with Crippen molar-refractivity contribution in [2.24, 2.45) is 5.73 Å². The fourth-order valence-corrected chi connectivity index (χ4v) is 1.75. The molecule has 0 aliphatic rings. The van der Waals surface area contributed by atoms with E-state index in [1.165, 1.54) is 5.56 Å². The summed E-state index contributed by atoms with van der Waals surface area (Å²) in [6.45, 7) is 0.519. The van der Waals surface area contributed by atoms with Gasteiger partial charge in [-0.15, -0.1) is 0 Å². The number of phenolic OH excluding ortho intramolecular Hbond substituents is 1. The molecule has 0 saturated heterocycles. The number of hydrogen-bond acceptors (Lipinski definition) is 2. The van der Waals surface area contributed by atoms with E-state index < -0.39 is 0 Å². The van der Waals surface area contributed by atoms with E-state index in [0.29, 0.717) is 12.3 Å². The summed E-state index contributed by atoms with van der Waals surface area (Å²) in [7, 11) is 0. The van der Waals surface area contributed by atoms with Crippen molar-refractivity contribution in [3.05, 3.63) is 65.2 Å². The SMILES string of the molecule is NCc1c[c]ccc1Cc1cccc(O)c1. The largest absolute Gasteiger partial charge is 0.508 e. The van der Waals surface area contributed by atoms with Gasteiger partial charge in [0.1, 0.15) is 5.75 Å². The van der Waals surface area contributed by atoms with Crippen molar-refractivity contribution in [1.82, 2.24) is 0 Å². The molecule has 81 valence electrons. The van der Waals surface area contributed by atoms with Crippen LogP contribution in [-0.2, 0) is 13.0 Å². The lowest BCUT2D eigenvalue weighted by Gasteiger charge is -2.07. The summed E-state index contributed by atoms with van der Waals surface area (Å²) < 4.78 is 0. The normalized spacial score (nSPS) is 10.3. The molecule has 2 nitrogen and oxygen atoms in total. The second-order valence-electron chi connectivity index (χ2n) is 3.75. The summed E-state index contributed by atoms with van der Waals surface area (Å²) in [6, 6.07) is 16.1. The Morgan fingerprint density at radius 1 is 1.19 bits per heavy atom. The second kappa shape index (κ2) is 4.81. The minimum atomic E-state index is 0.300. The Morgan fingerprint density at radius 2 is 2.06 bits per heavy atom. The van der Waals surface area contributed by atoms with Crippen LogP contribution in [0.5, 0.6) is 5.75 Å². The first-order chi connectivity index (χ1) is 7.79. The van der Waals surface area contributed by atoms with Crippen molar-refractivity contribution in [2.75, 3.05) is 0 Å². The third-order valence-electron chi connectivity index (χ3n) is 2.58. The summed E-state index contributed by atoms with van der Waals surface area (Å²) >= 11 is 0. The van der Waals surface area contributed by atoms with Crippen LogP contribution < -0.4 is 5.73 Å². The summed E-state index contributed by atoms with van der Waals surface area (Å²) in [5.74, 6) is 0.300. The van der Waals surface area contributed by atoms with E-state index in [0.717, 1.165) is 17.5 Å². The maximum absolute atomic E-state index is 9.39. The van der Waals surface area contributed by atoms with Crippen LogP contribution in [0, 0.1) is 6.07 Å². The Kier molecular flexibility index (Phi) is 3.22. The molecule has 0 spiro atoms. The van der Waals surface area contributed by atoms with Gasteiger partial charge < -0.3 is 10.8 Å². The van der Waals surface area contributed by atoms with Crippen molar-refractivity contribution >= 4 is 0 Å². The molecule has 0 amide bonds. The highest BCUT2D eigenvalue weighted by Gasteiger charge is 2.02. The molecule has 2 rings (SSSR count). The van der Waals surface area contributed by atoms with Crippen LogP contribution in [0.2, 0.25) is 0 Å². The molecule has 16 heavy (non-hydrogen) atoms. The van der Waals surface area contributed by atoms with Gasteiger partial charge in [0.2, 0.25) is 0 Å². The van der Waals surface area contributed by atoms with E-state index in [1.807, 2.05) is 30.3 Å². The molecular weight excluding hydrogens is 198 g/mol. The summed E-state index contributed by atoms with van der Waals surface area (Å²) in [6.07, 6.45) is 0.787. The predicted molar refractivity (Wildman–Crippen MR) is 64.1 cm³/mol. The van der Waals surface area contributed by atoms with Gasteiger partial charge in [-0.2, -0.15) is 0 Å². The first-order valence-electron chi connectivity index (χ1n) is 5.25. The maximum atomic E-state index is 9.39. The van der Waals surface area contributed by atoms with E-state index in [9.17, 15) is 5.11 Å². The Hall–Kier alpha value is -1.80. The van der Waals surface area contributed by atoms with E-state index in [1.54, 1.807) is 12.1 Å². The van der Waals surface area contributed by atoms with Gasteiger partial charge in [-0.1, -0.05) is 24.3 Å². The number of benzene rings is 2. The Bertz CT molecular complexity index is 480. The van der Waals surface area contributed by atoms with Crippen molar-refractivity contribution < 1.29 is 5.11 Å². The lowest BCUT2D eigenvalue weighted by Crippen LogP contribution is -2.01. The number of nitrogens with two attached hydrogens (primary N) is 1. The predicted octanol–water partition coefficient (Wildman–Crippen LogP) is 2.24. The van der Waals surface area contributed by atoms with Crippen molar-refractivity contribution in [2.45, 2.75) is 13.0 Å². The van der Waals surface area contributed by atoms with Gasteiger partial charge in [0.15, 0.2) is 0 Å². The molecule has 0 unspecified atom stereocenters. The summed E-state index contributed by atoms with van der Waals surface area (Å²) in [5.41, 5.74) is 9.04. The molecule has 2 aromatic carbocycles. The molecule has 1 radical (unpaired) electrons. The van der Waals surface area contributed by atoms with E-state index in [-0.39, 0.29) is 0 Å². The van der Waals surface area contributed by atoms with Crippen LogP contribution in [0.15, 0.2) is 42.5 Å². The Labute approximate surface area is 95.4 Å². The summed E-state index contributed by atoms with van der Waals surface area (Å²) in [4.78, 5) is 0. The summed E-state index contributed by atoms with van der Waals surface area (Å²) in [5, 5.41) is 9.39. The zero-order valence-electron chi connectivity index (χ0n) is 8.98. The molecule has 0 aliphatic heterocycles. The number of hydrogen-bond donors (Lipinski definition) is 2. The molecule has 2 aromatic rings. The number of rotatable bonds is 3. The lowest BCUT2D eigenvalue weighted by molar-refractivity contribution is 0.474. The van der Waals surface area contributed by atoms with E-state index >= 15 is 0 Å². The molecule has 0 fully saturated rings. The standard InChI is InChI=1S/C14H14NO/c15-10-13-6-2-1-5-12(13)8-11-4-3-7-14(16)9-11/h1,3-7,9,16H,8,10,15H2. The van der Waals surface area contributed by atoms with Gasteiger partial charge in [-0.3, -0.25) is 0 Å². The van der Waals surface area contributed by atoms with Crippen LogP contribution >= 0.6 is 0 Å². The first kappa shape index (κ1) is 10.7. The quantitative estimate of drug-likeness (QED) is 0.819. The molecule has 0 aliphatic carbocycles. The highest BCUT2D eigenvalue weighted by Crippen LogP contribution is 2.17. The zero-order chi connectivity index (χ0) is 11.4. The molecular formula is C14H14NO. The molecule has 2 heteroatoms. The van der Waals surface area contributed by atoms with Gasteiger partial charge in [0, 0.05) is 6.54 Å². The van der Waals surface area contributed by atoms with E-state index in [4.69, 9.17) is 5.73 Å². The Morgan fingerprint density at radius 3 is 2.81 bits per heavy atom. The third-order valence-corrected chi connectivity index (χ3v) is 2.58. The van der Waals surface area contributed by atoms with Crippen LogP contribution in [0.3, 0.4) is 0 Å². The fraction of sp³-hybridized carbons (Fsp3) is 0.143. The fourth-order valence-electron chi connectivity index (χ4n) is 1.75. The maximum Gasteiger partial charge on any atom is 0.115 e. The molecule has 0 aromatic heterocycles. The molecule has 0 bridgehead atoms. The van der Waals surface area contributed by atoms with Gasteiger partial charge in [0.25, 0.3) is 0 Å². The average Bonchev–Trinajstić information content (AvgIpc) is 2.30. The molecule has 0 saturated carbocycles. The van der Waals surface area contributed by atoms with Crippen LogP contribution in [0.1, 0.15) is 16.7 Å². The van der Waals surface area contributed by atoms with E-state index in [2.05, 4.69) is 6.07 Å². The zero-order valence-corrected chi connectivity index (χ0v) is 8.98. The van der Waals surface area contributed by atoms with Gasteiger partial charge in [-0.25, -0.2) is 0 Å². The van der Waals surface area contributed by atoms with Gasteiger partial charge >= 0.3 is 0 Å².